The third-order valence-corrected chi connectivity index (χ3v) is 2.73. The number of rotatable bonds is 3. The van der Waals surface area contributed by atoms with Crippen molar-refractivity contribution >= 4 is 31.1 Å². The molecule has 2 N–H and O–H groups in total. The van der Waals surface area contributed by atoms with Gasteiger partial charge in [0, 0.05) is 6.54 Å². The molecule has 23 heavy (non-hydrogen) atoms. The number of amides is 1. The summed E-state index contributed by atoms with van der Waals surface area (Å²) in [6.07, 6.45) is 3.47. The summed E-state index contributed by atoms with van der Waals surface area (Å²) >= 11 is 5.77. The Balaban J connectivity index is 0. The molecular formula is C16H22ClN3O3. The highest BCUT2D eigenvalue weighted by atomic mass is 35.5. The number of aromatic nitrogens is 2. The third kappa shape index (κ3) is 10.8. The van der Waals surface area contributed by atoms with Gasteiger partial charge in [0.15, 0.2) is 6.29 Å². The number of hydrogen-bond acceptors (Lipinski definition) is 4. The Morgan fingerprint density at radius 2 is 1.78 bits per heavy atom. The van der Waals surface area contributed by atoms with Gasteiger partial charge in [0.05, 0.1) is 6.33 Å². The minimum atomic E-state index is 0.250. The van der Waals surface area contributed by atoms with Gasteiger partial charge in [-0.2, -0.15) is 0 Å². The maximum absolute atomic E-state index is 10.3. The minimum Gasteiger partial charge on any atom is -0.372 e. The minimum absolute atomic E-state index is 0.250. The first-order chi connectivity index (χ1) is 11.1. The van der Waals surface area contributed by atoms with Gasteiger partial charge in [0.1, 0.15) is 17.6 Å². The SMILES string of the molecule is C=O.CCCn1cnc(C=O)c1Cl.Cc1ccccc1.NC=O. The number of aryl methyl sites for hydroxylation is 2. The van der Waals surface area contributed by atoms with Gasteiger partial charge in [-0.3, -0.25) is 9.59 Å². The average Bonchev–Trinajstić information content (AvgIpc) is 2.92. The smallest absolute Gasteiger partial charge is 0.204 e. The zero-order valence-electron chi connectivity index (χ0n) is 13.3. The van der Waals surface area contributed by atoms with E-state index in [2.05, 4.69) is 29.8 Å². The maximum Gasteiger partial charge on any atom is 0.204 e. The first-order valence-corrected chi connectivity index (χ1v) is 7.10. The van der Waals surface area contributed by atoms with E-state index in [0.29, 0.717) is 17.1 Å². The summed E-state index contributed by atoms with van der Waals surface area (Å²) < 4.78 is 1.76. The Morgan fingerprint density at radius 1 is 1.26 bits per heavy atom. The molecule has 1 aromatic carbocycles. The summed E-state index contributed by atoms with van der Waals surface area (Å²) in [4.78, 5) is 30.7. The van der Waals surface area contributed by atoms with Crippen LogP contribution >= 0.6 is 11.6 Å². The largest absolute Gasteiger partial charge is 0.372 e. The fourth-order valence-corrected chi connectivity index (χ4v) is 1.61. The molecule has 1 amide bonds. The number of hydrogen-bond donors (Lipinski definition) is 1. The van der Waals surface area contributed by atoms with Crippen LogP contribution < -0.4 is 5.73 Å². The first kappa shape index (κ1) is 22.8. The molecule has 0 aliphatic carbocycles. The number of aldehydes is 1. The normalized spacial score (nSPS) is 8.13. The lowest BCUT2D eigenvalue weighted by atomic mass is 10.2. The molecule has 2 aromatic rings. The van der Waals surface area contributed by atoms with Crippen molar-refractivity contribution < 1.29 is 14.4 Å². The van der Waals surface area contributed by atoms with Crippen molar-refractivity contribution in [1.29, 1.82) is 0 Å². The lowest BCUT2D eigenvalue weighted by molar-refractivity contribution is -0.107. The van der Waals surface area contributed by atoms with Crippen molar-refractivity contribution in [3.63, 3.8) is 0 Å². The van der Waals surface area contributed by atoms with Crippen molar-refractivity contribution in [3.8, 4) is 0 Å². The molecule has 0 aliphatic heterocycles. The summed E-state index contributed by atoms with van der Waals surface area (Å²) in [5.74, 6) is 0. The highest BCUT2D eigenvalue weighted by Gasteiger charge is 2.05. The first-order valence-electron chi connectivity index (χ1n) is 6.72. The molecule has 0 saturated carbocycles. The van der Waals surface area contributed by atoms with E-state index in [1.165, 1.54) is 5.56 Å². The Labute approximate surface area is 141 Å². The van der Waals surface area contributed by atoms with Crippen LogP contribution in [0.1, 0.15) is 29.4 Å². The second-order valence-electron chi connectivity index (χ2n) is 4.02. The van der Waals surface area contributed by atoms with Crippen molar-refractivity contribution in [2.75, 3.05) is 0 Å². The molecule has 1 aromatic heterocycles. The fraction of sp³-hybridized carbons (Fsp3) is 0.250. The van der Waals surface area contributed by atoms with Crippen LogP contribution in [0.3, 0.4) is 0 Å². The maximum atomic E-state index is 10.3. The molecule has 0 aliphatic rings. The fourth-order valence-electron chi connectivity index (χ4n) is 1.39. The monoisotopic (exact) mass is 339 g/mol. The zero-order chi connectivity index (χ0) is 18.1. The Bertz CT molecular complexity index is 545. The van der Waals surface area contributed by atoms with Crippen LogP contribution in [0.15, 0.2) is 36.7 Å². The number of benzene rings is 1. The van der Waals surface area contributed by atoms with E-state index in [9.17, 15) is 4.79 Å². The summed E-state index contributed by atoms with van der Waals surface area (Å²) in [6, 6.07) is 10.3. The zero-order valence-corrected chi connectivity index (χ0v) is 14.1. The molecule has 0 atom stereocenters. The predicted octanol–water partition coefficient (Wildman–Crippen LogP) is 2.67. The lowest BCUT2D eigenvalue weighted by Gasteiger charge is -1.98. The van der Waals surface area contributed by atoms with Gasteiger partial charge >= 0.3 is 0 Å². The predicted molar refractivity (Wildman–Crippen MR) is 91.5 cm³/mol. The second kappa shape index (κ2) is 15.9. The van der Waals surface area contributed by atoms with Crippen molar-refractivity contribution in [2.45, 2.75) is 26.8 Å². The number of nitrogens with zero attached hydrogens (tertiary/aromatic N) is 2. The van der Waals surface area contributed by atoms with Crippen LogP contribution in [0.25, 0.3) is 0 Å². The molecule has 2 rings (SSSR count). The number of carbonyl (C=O) groups excluding carboxylic acids is 3. The highest BCUT2D eigenvalue weighted by Crippen LogP contribution is 2.12. The number of halogens is 1. The van der Waals surface area contributed by atoms with Gasteiger partial charge in [0.25, 0.3) is 0 Å². The van der Waals surface area contributed by atoms with Gasteiger partial charge in [-0.1, -0.05) is 54.4 Å². The topological polar surface area (TPSA) is 95.1 Å². The molecule has 0 unspecified atom stereocenters. The lowest BCUT2D eigenvalue weighted by Crippen LogP contribution is -1.94. The van der Waals surface area contributed by atoms with Gasteiger partial charge in [-0.15, -0.1) is 0 Å². The standard InChI is InChI=1S/C7H9ClN2O.C7H8.CH3NO.CH2O/c1-2-3-10-5-9-6(4-11)7(10)8;1-7-5-3-2-4-6-7;2-1-3;1-2/h4-5H,2-3H2,1H3;2-6H,1H3;1H,(H2,2,3);1H2. The van der Waals surface area contributed by atoms with Gasteiger partial charge in [0.2, 0.25) is 6.41 Å². The average molecular weight is 340 g/mol. The Morgan fingerprint density at radius 3 is 2.09 bits per heavy atom. The van der Waals surface area contributed by atoms with Crippen molar-refractivity contribution in [3.05, 3.63) is 53.1 Å². The van der Waals surface area contributed by atoms with E-state index in [1.54, 1.807) is 10.9 Å². The third-order valence-electron chi connectivity index (χ3n) is 2.32. The Hall–Kier alpha value is -2.47. The van der Waals surface area contributed by atoms with Crippen LogP contribution in [0.2, 0.25) is 5.15 Å². The summed E-state index contributed by atoms with van der Waals surface area (Å²) in [5, 5.41) is 0.432. The molecule has 6 nitrogen and oxygen atoms in total. The van der Waals surface area contributed by atoms with Gasteiger partial charge < -0.3 is 15.1 Å². The van der Waals surface area contributed by atoms with Crippen LogP contribution in [0.5, 0.6) is 0 Å². The molecular weight excluding hydrogens is 318 g/mol. The molecule has 0 bridgehead atoms. The molecule has 126 valence electrons. The highest BCUT2D eigenvalue weighted by molar-refractivity contribution is 6.31. The molecule has 0 radical (unpaired) electrons. The second-order valence-corrected chi connectivity index (χ2v) is 4.38. The van der Waals surface area contributed by atoms with E-state index in [-0.39, 0.29) is 6.41 Å². The van der Waals surface area contributed by atoms with Gasteiger partial charge in [-0.05, 0) is 13.3 Å². The van der Waals surface area contributed by atoms with Crippen LogP contribution in [0, 0.1) is 6.92 Å². The van der Waals surface area contributed by atoms with E-state index in [4.69, 9.17) is 21.2 Å². The van der Waals surface area contributed by atoms with Crippen LogP contribution in [-0.2, 0) is 16.1 Å². The van der Waals surface area contributed by atoms with Gasteiger partial charge in [-0.25, -0.2) is 4.98 Å². The molecule has 7 heteroatoms. The van der Waals surface area contributed by atoms with Crippen molar-refractivity contribution in [2.24, 2.45) is 5.73 Å². The molecule has 0 saturated heterocycles. The van der Waals surface area contributed by atoms with E-state index in [0.717, 1.165) is 13.0 Å². The molecule has 1 heterocycles. The number of imidazole rings is 1. The Kier molecular flexibility index (Phi) is 15.8. The number of primary amides is 1. The summed E-state index contributed by atoms with van der Waals surface area (Å²) in [5.41, 5.74) is 5.81. The number of carbonyl (C=O) groups is 3. The summed E-state index contributed by atoms with van der Waals surface area (Å²) in [6.45, 7) is 6.93. The van der Waals surface area contributed by atoms with Crippen LogP contribution in [-0.4, -0.2) is 29.0 Å². The molecule has 0 spiro atoms. The van der Waals surface area contributed by atoms with E-state index in [1.807, 2.05) is 31.9 Å². The number of nitrogens with two attached hydrogens (primary N) is 1. The summed E-state index contributed by atoms with van der Waals surface area (Å²) in [7, 11) is 0. The quantitative estimate of drug-likeness (QED) is 0.869. The van der Waals surface area contributed by atoms with E-state index >= 15 is 0 Å². The molecule has 0 fully saturated rings. The van der Waals surface area contributed by atoms with Crippen LogP contribution in [0.4, 0.5) is 0 Å². The van der Waals surface area contributed by atoms with E-state index < -0.39 is 0 Å². The van der Waals surface area contributed by atoms with Crippen molar-refractivity contribution in [1.82, 2.24) is 9.55 Å².